The molecule has 2 bridgehead atoms. The van der Waals surface area contributed by atoms with Crippen molar-refractivity contribution in [1.29, 1.82) is 0 Å². The standard InChI is InChI=1S/C43H42O5/c1-3-5-16-35-33-20-19-32-31-21-22-43(39(32)38(33)41(45)47-35)36(24-26(4-2)23-27-12-8-6-9-13-27)48-42(46)40(43)37(31)34-25-29(44)17-18-30(34)28-14-10-7-11-15-28/h6-18,24-26,31-32,39,44H,3-5,19-23H2,1-2H3. The largest absolute Gasteiger partial charge is 0.508 e. The van der Waals surface area contributed by atoms with Crippen molar-refractivity contribution in [2.24, 2.45) is 29.1 Å². The second kappa shape index (κ2) is 12.1. The van der Waals surface area contributed by atoms with Crippen molar-refractivity contribution in [2.45, 2.75) is 65.2 Å². The first-order chi connectivity index (χ1) is 23.4. The Hall–Kier alpha value is -4.64. The van der Waals surface area contributed by atoms with Gasteiger partial charge in [-0.05, 0) is 115 Å². The highest BCUT2D eigenvalue weighted by Gasteiger charge is 2.68. The lowest BCUT2D eigenvalue weighted by molar-refractivity contribution is -0.135. The van der Waals surface area contributed by atoms with Gasteiger partial charge in [-0.25, -0.2) is 9.59 Å². The molecule has 6 aliphatic rings. The molecule has 1 saturated heterocycles. The zero-order valence-electron chi connectivity index (χ0n) is 27.7. The van der Waals surface area contributed by atoms with Crippen LogP contribution >= 0.6 is 0 Å². The van der Waals surface area contributed by atoms with Crippen LogP contribution in [0.5, 0.6) is 5.75 Å². The molecular formula is C43H42O5. The number of carbonyl (C=O) groups is 2. The summed E-state index contributed by atoms with van der Waals surface area (Å²) in [5, 5.41) is 10.9. The Kier molecular flexibility index (Phi) is 7.74. The zero-order valence-corrected chi connectivity index (χ0v) is 27.7. The van der Waals surface area contributed by atoms with E-state index in [0.29, 0.717) is 17.1 Å². The number of ether oxygens (including phenoxy) is 2. The molecule has 1 saturated carbocycles. The maximum Gasteiger partial charge on any atom is 0.340 e. The van der Waals surface area contributed by atoms with Crippen molar-refractivity contribution >= 4 is 17.5 Å². The number of aromatic hydroxyl groups is 1. The van der Waals surface area contributed by atoms with Crippen LogP contribution in [0.1, 0.15) is 69.9 Å². The van der Waals surface area contributed by atoms with Gasteiger partial charge in [-0.2, -0.15) is 0 Å². The van der Waals surface area contributed by atoms with Crippen LogP contribution in [0.3, 0.4) is 0 Å². The molecule has 1 N–H and O–H groups in total. The number of fused-ring (bicyclic) bond motifs is 1. The minimum absolute atomic E-state index is 0.0415. The lowest BCUT2D eigenvalue weighted by atomic mass is 9.44. The van der Waals surface area contributed by atoms with Crippen LogP contribution in [0.2, 0.25) is 0 Å². The van der Waals surface area contributed by atoms with Crippen LogP contribution in [0.25, 0.3) is 16.7 Å². The van der Waals surface area contributed by atoms with Crippen molar-refractivity contribution in [3.8, 4) is 16.9 Å². The summed E-state index contributed by atoms with van der Waals surface area (Å²) in [5.74, 6) is 1.11. The van der Waals surface area contributed by atoms with Gasteiger partial charge >= 0.3 is 11.9 Å². The van der Waals surface area contributed by atoms with Crippen LogP contribution < -0.4 is 0 Å². The molecule has 2 heterocycles. The number of rotatable bonds is 8. The Morgan fingerprint density at radius 3 is 2.42 bits per heavy atom. The van der Waals surface area contributed by atoms with Gasteiger partial charge < -0.3 is 14.6 Å². The first-order valence-electron chi connectivity index (χ1n) is 17.7. The highest BCUT2D eigenvalue weighted by atomic mass is 16.5. The van der Waals surface area contributed by atoms with Gasteiger partial charge in [-0.15, -0.1) is 0 Å². The van der Waals surface area contributed by atoms with E-state index in [1.807, 2.05) is 36.4 Å². The fourth-order valence-corrected chi connectivity index (χ4v) is 9.57. The molecule has 9 rings (SSSR count). The molecule has 3 aromatic carbocycles. The first kappa shape index (κ1) is 30.7. The highest BCUT2D eigenvalue weighted by Crippen LogP contribution is 2.72. The van der Waals surface area contributed by atoms with Crippen molar-refractivity contribution in [2.75, 3.05) is 0 Å². The number of phenols is 1. The molecule has 1 spiro atoms. The molecule has 0 aromatic heterocycles. The van der Waals surface area contributed by atoms with Gasteiger partial charge in [-0.3, -0.25) is 0 Å². The van der Waals surface area contributed by atoms with E-state index < -0.39 is 5.41 Å². The summed E-state index contributed by atoms with van der Waals surface area (Å²) in [6.07, 6.45) is 11.1. The van der Waals surface area contributed by atoms with E-state index in [4.69, 9.17) is 9.47 Å². The summed E-state index contributed by atoms with van der Waals surface area (Å²) in [4.78, 5) is 28.4. The monoisotopic (exact) mass is 638 g/mol. The number of phenolic OH excluding ortho intramolecular Hbond substituents is 1. The molecule has 5 nitrogen and oxygen atoms in total. The number of benzene rings is 3. The molecule has 5 heteroatoms. The van der Waals surface area contributed by atoms with E-state index in [2.05, 4.69) is 62.4 Å². The molecule has 0 radical (unpaired) electrons. The average Bonchev–Trinajstić information content (AvgIpc) is 3.60. The fraction of sp³-hybridized carbons (Fsp3) is 0.349. The number of esters is 2. The third-order valence-electron chi connectivity index (χ3n) is 11.6. The summed E-state index contributed by atoms with van der Waals surface area (Å²) in [7, 11) is 0. The molecule has 48 heavy (non-hydrogen) atoms. The second-order valence-corrected chi connectivity index (χ2v) is 14.1. The Morgan fingerprint density at radius 1 is 0.896 bits per heavy atom. The topological polar surface area (TPSA) is 72.8 Å². The van der Waals surface area contributed by atoms with Gasteiger partial charge in [0.05, 0.1) is 11.0 Å². The lowest BCUT2D eigenvalue weighted by Gasteiger charge is -2.56. The summed E-state index contributed by atoms with van der Waals surface area (Å²) in [5.41, 5.74) is 6.80. The number of carbonyl (C=O) groups excluding carboxylic acids is 2. The van der Waals surface area contributed by atoms with Crippen LogP contribution in [-0.4, -0.2) is 17.0 Å². The first-order valence-corrected chi connectivity index (χ1v) is 17.7. The predicted octanol–water partition coefficient (Wildman–Crippen LogP) is 9.50. The minimum Gasteiger partial charge on any atom is -0.508 e. The molecular weight excluding hydrogens is 596 g/mol. The molecule has 3 aromatic rings. The Bertz CT molecular complexity index is 1910. The van der Waals surface area contributed by atoms with Crippen molar-refractivity contribution < 1.29 is 24.2 Å². The quantitative estimate of drug-likeness (QED) is 0.249. The third kappa shape index (κ3) is 4.73. The van der Waals surface area contributed by atoms with Crippen LogP contribution in [-0.2, 0) is 25.5 Å². The molecule has 4 aliphatic carbocycles. The van der Waals surface area contributed by atoms with Crippen molar-refractivity contribution in [3.63, 3.8) is 0 Å². The minimum atomic E-state index is -0.782. The molecule has 244 valence electrons. The van der Waals surface area contributed by atoms with Crippen LogP contribution in [0, 0.1) is 29.1 Å². The number of hydrogen-bond acceptors (Lipinski definition) is 5. The second-order valence-electron chi connectivity index (χ2n) is 14.1. The normalized spacial score (nSPS) is 28.0. The maximum atomic E-state index is 14.5. The summed E-state index contributed by atoms with van der Waals surface area (Å²) in [6, 6.07) is 26.1. The molecule has 2 fully saturated rings. The Balaban J connectivity index is 1.37. The zero-order chi connectivity index (χ0) is 33.0. The third-order valence-corrected chi connectivity index (χ3v) is 11.6. The van der Waals surface area contributed by atoms with Crippen LogP contribution in [0.4, 0.5) is 0 Å². The van der Waals surface area contributed by atoms with Crippen molar-refractivity contribution in [3.05, 3.63) is 130 Å². The van der Waals surface area contributed by atoms with E-state index in [1.165, 1.54) is 5.56 Å². The molecule has 5 unspecified atom stereocenters. The van der Waals surface area contributed by atoms with Crippen molar-refractivity contribution in [1.82, 2.24) is 0 Å². The smallest absolute Gasteiger partial charge is 0.340 e. The molecule has 5 atom stereocenters. The maximum absolute atomic E-state index is 14.5. The highest BCUT2D eigenvalue weighted by molar-refractivity contribution is 6.07. The van der Waals surface area contributed by atoms with Gasteiger partial charge in [0.2, 0.25) is 0 Å². The fourth-order valence-electron chi connectivity index (χ4n) is 9.57. The van der Waals surface area contributed by atoms with Crippen LogP contribution in [0.15, 0.2) is 119 Å². The van der Waals surface area contributed by atoms with Gasteiger partial charge in [0.25, 0.3) is 0 Å². The summed E-state index contributed by atoms with van der Waals surface area (Å²) < 4.78 is 12.5. The van der Waals surface area contributed by atoms with E-state index in [1.54, 1.807) is 6.07 Å². The molecule has 2 aliphatic heterocycles. The average molecular weight is 639 g/mol. The van der Waals surface area contributed by atoms with E-state index >= 15 is 0 Å². The SMILES string of the molecule is CCCC=C1OC(=O)C2=C1CCC1C3CCC4(C(=CC(CC)Cc5ccccc5)OC(=O)C4=C3c3cc(O)ccc3-c3ccccc3)C21. The Morgan fingerprint density at radius 2 is 1.67 bits per heavy atom. The number of allylic oxidation sites excluding steroid dienone is 5. The van der Waals surface area contributed by atoms with E-state index in [9.17, 15) is 14.7 Å². The van der Waals surface area contributed by atoms with E-state index in [-0.39, 0.29) is 41.4 Å². The van der Waals surface area contributed by atoms with Gasteiger partial charge in [-0.1, -0.05) is 87.0 Å². The number of hydrogen-bond donors (Lipinski definition) is 1. The number of unbranched alkanes of at least 4 members (excludes halogenated alkanes) is 1. The van der Waals surface area contributed by atoms with Gasteiger partial charge in [0.1, 0.15) is 17.3 Å². The lowest BCUT2D eigenvalue weighted by Crippen LogP contribution is -2.52. The number of cyclic esters (lactones) is 2. The van der Waals surface area contributed by atoms with Gasteiger partial charge in [0, 0.05) is 17.1 Å². The predicted molar refractivity (Wildman–Crippen MR) is 186 cm³/mol. The van der Waals surface area contributed by atoms with Gasteiger partial charge in [0.15, 0.2) is 0 Å². The summed E-state index contributed by atoms with van der Waals surface area (Å²) >= 11 is 0. The van der Waals surface area contributed by atoms with E-state index in [0.717, 1.165) is 84.8 Å². The summed E-state index contributed by atoms with van der Waals surface area (Å²) in [6.45, 7) is 4.31. The Labute approximate surface area is 282 Å². The molecule has 0 amide bonds.